The van der Waals surface area contributed by atoms with Crippen molar-refractivity contribution in [2.24, 2.45) is 10.7 Å². The summed E-state index contributed by atoms with van der Waals surface area (Å²) >= 11 is 0. The average Bonchev–Trinajstić information content (AvgIpc) is 3.56. The van der Waals surface area contributed by atoms with E-state index in [9.17, 15) is 4.79 Å². The van der Waals surface area contributed by atoms with Crippen LogP contribution >= 0.6 is 0 Å². The summed E-state index contributed by atoms with van der Waals surface area (Å²) in [5.41, 5.74) is 11.4. The number of hydrogen-bond donors (Lipinski definition) is 3. The van der Waals surface area contributed by atoms with E-state index in [1.54, 1.807) is 4.90 Å². The lowest BCUT2D eigenvalue weighted by molar-refractivity contribution is -0.158. The topological polar surface area (TPSA) is 140 Å². The molecule has 1 fully saturated rings. The van der Waals surface area contributed by atoms with E-state index in [0.717, 1.165) is 27.7 Å². The Morgan fingerprint density at radius 1 is 1.27 bits per heavy atom. The first-order valence-corrected chi connectivity index (χ1v) is 13.9. The van der Waals surface area contributed by atoms with E-state index in [-0.39, 0.29) is 24.0 Å². The molecule has 1 aliphatic rings. The predicted molar refractivity (Wildman–Crippen MR) is 161 cm³/mol. The molecule has 0 saturated carbocycles. The molecular weight excluding hydrogens is 518 g/mol. The first kappa shape index (κ1) is 28.1. The summed E-state index contributed by atoms with van der Waals surface area (Å²) in [5.74, 6) is 0.267. The normalized spacial score (nSPS) is 17.0. The van der Waals surface area contributed by atoms with E-state index in [4.69, 9.17) is 25.7 Å². The first-order valence-electron chi connectivity index (χ1n) is 13.9. The number of nitrogens with zero attached hydrogens (tertiary/aromatic N) is 4. The zero-order valence-electron chi connectivity index (χ0n) is 24.0. The highest BCUT2D eigenvalue weighted by Crippen LogP contribution is 2.32. The van der Waals surface area contributed by atoms with Gasteiger partial charge in [0, 0.05) is 22.8 Å². The maximum atomic E-state index is 12.7. The number of benzene rings is 2. The number of aliphatic hydroxyl groups is 2. The Kier molecular flexibility index (Phi) is 7.94. The molecule has 4 aromatic rings. The van der Waals surface area contributed by atoms with Crippen LogP contribution in [0.2, 0.25) is 0 Å². The van der Waals surface area contributed by atoms with Crippen molar-refractivity contribution in [3.63, 3.8) is 0 Å². The molecule has 0 aliphatic carbocycles. The molecule has 0 spiro atoms. The molecular formula is C31H39N7O3+2. The van der Waals surface area contributed by atoms with Crippen LogP contribution in [0, 0.1) is 0 Å². The second kappa shape index (κ2) is 11.6. The molecule has 2 aromatic carbocycles. The highest BCUT2D eigenvalue weighted by molar-refractivity contribution is 6.05. The number of aromatic nitrogens is 3. The second-order valence-corrected chi connectivity index (χ2v) is 11.5. The van der Waals surface area contributed by atoms with Gasteiger partial charge in [0.1, 0.15) is 11.3 Å². The van der Waals surface area contributed by atoms with Crippen molar-refractivity contribution < 1.29 is 19.7 Å². The number of carbonyl (C=O) groups is 1. The third kappa shape index (κ3) is 6.49. The third-order valence-electron chi connectivity index (χ3n) is 7.22. The lowest BCUT2D eigenvalue weighted by atomic mass is 9.97. The molecule has 1 amide bonds. The fraction of sp³-hybridized carbons (Fsp3) is 0.355. The van der Waals surface area contributed by atoms with Crippen LogP contribution in [0.5, 0.6) is 0 Å². The first-order chi connectivity index (χ1) is 19.6. The van der Waals surface area contributed by atoms with E-state index in [2.05, 4.69) is 59.5 Å². The van der Waals surface area contributed by atoms with Crippen LogP contribution in [-0.4, -0.2) is 74.1 Å². The number of amides is 1. The molecule has 214 valence electrons. The summed E-state index contributed by atoms with van der Waals surface area (Å²) < 4.78 is 12.4. The van der Waals surface area contributed by atoms with E-state index in [1.807, 2.05) is 43.7 Å². The Morgan fingerprint density at radius 3 is 2.78 bits per heavy atom. The number of aliphatic imine (C=N–C) groups is 1. The summed E-state index contributed by atoms with van der Waals surface area (Å²) in [6, 6.07) is 18.5. The molecule has 0 bridgehead atoms. The lowest BCUT2D eigenvalue weighted by Crippen LogP contribution is -2.50. The Labute approximate surface area is 239 Å². The molecule has 0 radical (unpaired) electrons. The van der Waals surface area contributed by atoms with E-state index >= 15 is 0 Å². The minimum absolute atomic E-state index is 0.0174. The number of rotatable bonds is 7. The minimum Gasteiger partial charge on any atom is -0.444 e. The van der Waals surface area contributed by atoms with Crippen LogP contribution < -0.4 is 11.1 Å². The molecule has 2 atom stereocenters. The van der Waals surface area contributed by atoms with E-state index in [0.29, 0.717) is 31.9 Å². The van der Waals surface area contributed by atoms with E-state index < -0.39 is 5.60 Å². The number of aromatic amines is 1. The van der Waals surface area contributed by atoms with Crippen LogP contribution in [0.25, 0.3) is 22.0 Å². The molecule has 5 rings (SSSR count). The minimum atomic E-state index is -0.550. The van der Waals surface area contributed by atoms with Gasteiger partial charge in [-0.2, -0.15) is 5.10 Å². The van der Waals surface area contributed by atoms with Gasteiger partial charge in [-0.15, -0.1) is 0 Å². The van der Waals surface area contributed by atoms with Gasteiger partial charge in [-0.1, -0.05) is 42.5 Å². The van der Waals surface area contributed by atoms with Crippen molar-refractivity contribution in [3.05, 3.63) is 77.7 Å². The maximum absolute atomic E-state index is 12.7. The van der Waals surface area contributed by atoms with Crippen LogP contribution in [0.3, 0.4) is 0 Å². The number of carbonyl (C=O) groups excluding carboxylic acids is 1. The number of nitrogens with one attached hydrogen (secondary N) is 1. The quantitative estimate of drug-likeness (QED) is 0.183. The average molecular weight is 558 g/mol. The van der Waals surface area contributed by atoms with Crippen molar-refractivity contribution in [3.8, 4) is 11.1 Å². The smallest absolute Gasteiger partial charge is 0.410 e. The fourth-order valence-corrected chi connectivity index (χ4v) is 5.12. The summed E-state index contributed by atoms with van der Waals surface area (Å²) in [5, 5.41) is 11.5. The van der Waals surface area contributed by atoms with Gasteiger partial charge in [0.25, 0.3) is 12.2 Å². The molecule has 3 heterocycles. The molecule has 1 saturated heterocycles. The molecule has 2 aromatic heterocycles. The number of morpholine rings is 1. The molecule has 2 unspecified atom stereocenters. The van der Waals surface area contributed by atoms with Gasteiger partial charge in [-0.25, -0.2) is 4.79 Å². The van der Waals surface area contributed by atoms with Gasteiger partial charge < -0.3 is 20.2 Å². The second-order valence-electron chi connectivity index (χ2n) is 11.5. The van der Waals surface area contributed by atoms with Gasteiger partial charge in [0.15, 0.2) is 12.7 Å². The summed E-state index contributed by atoms with van der Waals surface area (Å²) in [7, 11) is 0. The monoisotopic (exact) mass is 557 g/mol. The summed E-state index contributed by atoms with van der Waals surface area (Å²) in [4.78, 5) is 22.1. The molecule has 1 aliphatic heterocycles. The van der Waals surface area contributed by atoms with Crippen LogP contribution in [0.15, 0.2) is 65.8 Å². The summed E-state index contributed by atoms with van der Waals surface area (Å²) in [6.07, 6.45) is 2.82. The van der Waals surface area contributed by atoms with Crippen molar-refractivity contribution in [2.75, 3.05) is 19.7 Å². The zero-order chi connectivity index (χ0) is 29.1. The fourth-order valence-electron chi connectivity index (χ4n) is 5.12. The lowest BCUT2D eigenvalue weighted by Gasteiger charge is -2.33. The Balaban J connectivity index is 1.43. The molecule has 10 heteroatoms. The van der Waals surface area contributed by atoms with E-state index in [1.165, 1.54) is 11.9 Å². The number of H-pyrrole nitrogens is 1. The largest absolute Gasteiger partial charge is 0.444 e. The van der Waals surface area contributed by atoms with Crippen LogP contribution in [0.1, 0.15) is 50.6 Å². The number of nitrogens with two attached hydrogens (primary N) is 2. The highest BCUT2D eigenvalue weighted by Gasteiger charge is 2.36. The number of hydrogen-bond acceptors (Lipinski definition) is 3. The van der Waals surface area contributed by atoms with Gasteiger partial charge >= 0.3 is 6.09 Å². The number of amidine groups is 1. The molecule has 41 heavy (non-hydrogen) atoms. The Hall–Kier alpha value is -4.44. The number of fused-ring (bicyclic) bond motifs is 1. The molecule has 6 N–H and O–H groups in total. The standard InChI is InChI=1S/C31H37N7O3/c1-20(27-18-37(12-13-40-27)30(39)41-31(2,3)4)25-15-24(28(35-25)29(33)34-19-32)22-10-11-23-17-38(36-26(23)14-22)16-21-8-6-5-7-9-21/h5-11,14-15,17,19-20,27,35H,12-13,16,18H2,1-4H3,(H3,32,33,34)/p+2. The molecule has 10 nitrogen and oxygen atoms in total. The third-order valence-corrected chi connectivity index (χ3v) is 7.22. The Bertz CT molecular complexity index is 1570. The zero-order valence-corrected chi connectivity index (χ0v) is 24.0. The van der Waals surface area contributed by atoms with Gasteiger partial charge in [-0.3, -0.25) is 15.0 Å². The van der Waals surface area contributed by atoms with Crippen LogP contribution in [-0.2, 0) is 11.3 Å². The summed E-state index contributed by atoms with van der Waals surface area (Å²) in [6.45, 7) is 9.99. The van der Waals surface area contributed by atoms with Gasteiger partial charge in [-0.05, 0) is 55.9 Å². The maximum Gasteiger partial charge on any atom is 0.410 e. The predicted octanol–water partition coefficient (Wildman–Crippen LogP) is 2.82. The highest BCUT2D eigenvalue weighted by atomic mass is 16.6. The SMILES string of the molecule is CC(c1cc(-c2ccc3cn(Cc4ccccc4)nc3c2)c(C(N)=NC=[NH2+])[nH]1)C1CN(C(=O)OC(C)(C)C)CC[OH+]1. The number of ether oxygens (including phenoxy) is 2. The van der Waals surface area contributed by atoms with Gasteiger partial charge in [0.05, 0.1) is 31.1 Å². The van der Waals surface area contributed by atoms with Crippen molar-refractivity contribution in [2.45, 2.75) is 51.9 Å². The van der Waals surface area contributed by atoms with Crippen molar-refractivity contribution in [1.29, 1.82) is 0 Å². The Morgan fingerprint density at radius 2 is 2.05 bits per heavy atom. The van der Waals surface area contributed by atoms with Crippen molar-refractivity contribution >= 4 is 29.2 Å². The van der Waals surface area contributed by atoms with Crippen LogP contribution in [0.4, 0.5) is 4.79 Å². The van der Waals surface area contributed by atoms with Gasteiger partial charge in [0.2, 0.25) is 0 Å². The van der Waals surface area contributed by atoms with Crippen molar-refractivity contribution in [1.82, 2.24) is 19.7 Å².